The monoisotopic (exact) mass is 1450 g/mol. The van der Waals surface area contributed by atoms with Gasteiger partial charge in [-0.05, 0) is 60.5 Å². The molecule has 528 valence electrons. The van der Waals surface area contributed by atoms with Gasteiger partial charge < -0.3 is 9.13 Å². The highest BCUT2D eigenvalue weighted by atomic mass is 15.1. The third-order valence-corrected chi connectivity index (χ3v) is 20.5. The maximum Gasteiger partial charge on any atom is 0.164 e. The summed E-state index contributed by atoms with van der Waals surface area (Å²) in [5.74, 6) is 6.31. The van der Waals surface area contributed by atoms with Gasteiger partial charge in [0.25, 0.3) is 0 Å². The normalized spacial score (nSPS) is 11.4. The van der Waals surface area contributed by atoms with Crippen molar-refractivity contribution in [1.82, 2.24) is 68.9 Å². The van der Waals surface area contributed by atoms with Crippen LogP contribution in [-0.2, 0) is 0 Å². The second-order valence-electron chi connectivity index (χ2n) is 27.6. The summed E-state index contributed by atoms with van der Waals surface area (Å²) in [6.45, 7) is 2.20. The first-order valence-electron chi connectivity index (χ1n) is 37.2. The van der Waals surface area contributed by atoms with Crippen LogP contribution in [-0.4, -0.2) is 68.9 Å². The van der Waals surface area contributed by atoms with Gasteiger partial charge in [0, 0.05) is 93.9 Å². The molecule has 0 aliphatic carbocycles. The molecule has 15 heteroatoms. The van der Waals surface area contributed by atoms with Crippen LogP contribution in [0.4, 0.5) is 0 Å². The summed E-state index contributed by atoms with van der Waals surface area (Å²) in [5.41, 5.74) is 18.1. The number of benzene rings is 14. The summed E-state index contributed by atoms with van der Waals surface area (Å²) in [5, 5.41) is 14.7. The lowest BCUT2D eigenvalue weighted by atomic mass is 9.97. The highest BCUT2D eigenvalue weighted by Gasteiger charge is 2.27. The summed E-state index contributed by atoms with van der Waals surface area (Å²) < 4.78 is 4.72. The van der Waals surface area contributed by atoms with Crippen molar-refractivity contribution in [1.29, 1.82) is 5.26 Å². The maximum absolute atomic E-state index is 10.8. The highest BCUT2D eigenvalue weighted by Crippen LogP contribution is 2.46. The predicted molar refractivity (Wildman–Crippen MR) is 449 cm³/mol. The molecule has 14 aromatic carbocycles. The number of fused-ring (bicyclic) bond motifs is 6. The van der Waals surface area contributed by atoms with Gasteiger partial charge in [-0.2, -0.15) is 5.26 Å². The predicted octanol–water partition coefficient (Wildman–Crippen LogP) is 22.5. The lowest BCUT2D eigenvalue weighted by molar-refractivity contribution is 1.07. The standard InChI is InChI=1S/C98H61N15/c1-61-81(112-82-56-72(95-104-87(63-28-10-2-11-29-63)100-88(105-95)64-30-12-3-13-31-64)45-49-77(82)78-50-46-73(57-83(78)112)96-106-89(65-32-14-4-15-33-65)101-90(107-96)66-34-16-5-17-35-66)54-53-76(71-44-26-27-62(55-71)60-99)86(61)113-84-58-74(97-108-91(67-36-18-6-19-37-67)102-92(109-97)68-38-20-7-21-39-68)47-51-79(84)80-52-48-75(59-85(80)113)98-110-93(69-40-22-8-23-41-69)103-94(111-98)70-42-24-9-25-43-70/h2-59H,1H3. The average molecular weight is 1450 g/mol. The number of hydrogen-bond donors (Lipinski definition) is 0. The van der Waals surface area contributed by atoms with Gasteiger partial charge in [-0.25, -0.2) is 59.8 Å². The largest absolute Gasteiger partial charge is 0.309 e. The molecule has 0 bridgehead atoms. The lowest BCUT2D eigenvalue weighted by Crippen LogP contribution is -2.06. The molecule has 20 rings (SSSR count). The first-order chi connectivity index (χ1) is 55.8. The number of nitriles is 1. The molecule has 6 aromatic heterocycles. The van der Waals surface area contributed by atoms with Crippen LogP contribution in [0.1, 0.15) is 11.1 Å². The Bertz CT molecular complexity index is 6500. The quantitative estimate of drug-likeness (QED) is 0.0944. The number of rotatable bonds is 15. The van der Waals surface area contributed by atoms with E-state index >= 15 is 0 Å². The van der Waals surface area contributed by atoms with Crippen molar-refractivity contribution in [2.75, 3.05) is 0 Å². The van der Waals surface area contributed by atoms with Crippen molar-refractivity contribution in [3.63, 3.8) is 0 Å². The van der Waals surface area contributed by atoms with E-state index in [1.807, 2.05) is 261 Å². The molecule has 0 unspecified atom stereocenters. The van der Waals surface area contributed by atoms with Gasteiger partial charge in [0.1, 0.15) is 0 Å². The van der Waals surface area contributed by atoms with E-state index < -0.39 is 0 Å². The van der Waals surface area contributed by atoms with E-state index in [1.54, 1.807) is 0 Å². The second-order valence-corrected chi connectivity index (χ2v) is 27.6. The fourth-order valence-electron chi connectivity index (χ4n) is 15.1. The summed E-state index contributed by atoms with van der Waals surface area (Å²) in [4.78, 5) is 62.9. The van der Waals surface area contributed by atoms with Crippen LogP contribution in [0, 0.1) is 18.3 Å². The van der Waals surface area contributed by atoms with Gasteiger partial charge in [-0.3, -0.25) is 0 Å². The third kappa shape index (κ3) is 12.5. The Balaban J connectivity index is 0.888. The smallest absolute Gasteiger partial charge is 0.164 e. The van der Waals surface area contributed by atoms with Crippen molar-refractivity contribution in [2.45, 2.75) is 6.92 Å². The topological polar surface area (TPSA) is 188 Å². The van der Waals surface area contributed by atoms with E-state index in [9.17, 15) is 5.26 Å². The summed E-state index contributed by atoms with van der Waals surface area (Å²) in [7, 11) is 0. The van der Waals surface area contributed by atoms with E-state index in [4.69, 9.17) is 59.8 Å². The Labute approximate surface area is 649 Å². The molecule has 0 aliphatic heterocycles. The van der Waals surface area contributed by atoms with Crippen LogP contribution in [0.25, 0.3) is 203 Å². The van der Waals surface area contributed by atoms with Gasteiger partial charge in [-0.15, -0.1) is 0 Å². The number of hydrogen-bond acceptors (Lipinski definition) is 13. The van der Waals surface area contributed by atoms with E-state index in [-0.39, 0.29) is 0 Å². The molecule has 0 amide bonds. The van der Waals surface area contributed by atoms with Crippen LogP contribution in [0.2, 0.25) is 0 Å². The summed E-state index contributed by atoms with van der Waals surface area (Å²) >= 11 is 0. The zero-order valence-corrected chi connectivity index (χ0v) is 60.7. The minimum atomic E-state index is 0.489. The average Bonchev–Trinajstić information content (AvgIpc) is 1.53. The Kier molecular flexibility index (Phi) is 16.8. The Morgan fingerprint density at radius 1 is 0.212 bits per heavy atom. The Hall–Kier alpha value is -15.8. The minimum Gasteiger partial charge on any atom is -0.309 e. The van der Waals surface area contributed by atoms with Gasteiger partial charge >= 0.3 is 0 Å². The van der Waals surface area contributed by atoms with Crippen LogP contribution in [0.3, 0.4) is 0 Å². The van der Waals surface area contributed by atoms with Crippen molar-refractivity contribution in [3.8, 4) is 165 Å². The van der Waals surface area contributed by atoms with Gasteiger partial charge in [-0.1, -0.05) is 309 Å². The maximum atomic E-state index is 10.8. The fraction of sp³-hybridized carbons (Fsp3) is 0.0102. The molecule has 0 radical (unpaired) electrons. The summed E-state index contributed by atoms with van der Waals surface area (Å²) in [6, 6.07) is 121. The first-order valence-corrected chi connectivity index (χ1v) is 37.2. The lowest BCUT2D eigenvalue weighted by Gasteiger charge is -2.22. The molecule has 0 spiro atoms. The van der Waals surface area contributed by atoms with Crippen molar-refractivity contribution >= 4 is 43.6 Å². The molecule has 20 aromatic rings. The van der Waals surface area contributed by atoms with Crippen molar-refractivity contribution in [2.24, 2.45) is 0 Å². The molecule has 0 saturated heterocycles. The van der Waals surface area contributed by atoms with E-state index in [2.05, 4.69) is 113 Å². The SMILES string of the molecule is Cc1c(-n2c3cc(-c4nc(-c5ccccc5)nc(-c5ccccc5)n4)ccc3c3ccc(-c4nc(-c5ccccc5)nc(-c5ccccc5)n4)cc32)ccc(-c2cccc(C#N)c2)c1-n1c2cc(-c3nc(-c4ccccc4)nc(-c4ccccc4)n3)ccc2c2ccc(-c3nc(-c4ccccc4)nc(-c4ccccc4)n3)cc21. The highest BCUT2D eigenvalue weighted by molar-refractivity contribution is 6.13. The van der Waals surface area contributed by atoms with Gasteiger partial charge in [0.15, 0.2) is 69.9 Å². The van der Waals surface area contributed by atoms with Crippen LogP contribution in [0.15, 0.2) is 352 Å². The molecule has 0 aliphatic rings. The first kappa shape index (κ1) is 66.6. The van der Waals surface area contributed by atoms with Gasteiger partial charge in [0.2, 0.25) is 0 Å². The van der Waals surface area contributed by atoms with E-state index in [1.165, 1.54) is 0 Å². The molecule has 15 nitrogen and oxygen atoms in total. The molecular formula is C98H61N15. The van der Waals surface area contributed by atoms with Gasteiger partial charge in [0.05, 0.1) is 45.1 Å². The molecule has 0 saturated carbocycles. The molecular weight excluding hydrogens is 1390 g/mol. The van der Waals surface area contributed by atoms with Crippen LogP contribution in [0.5, 0.6) is 0 Å². The minimum absolute atomic E-state index is 0.489. The molecule has 0 N–H and O–H groups in total. The van der Waals surface area contributed by atoms with Crippen LogP contribution < -0.4 is 0 Å². The molecule has 6 heterocycles. The number of nitrogens with zero attached hydrogens (tertiary/aromatic N) is 15. The van der Waals surface area contributed by atoms with Crippen molar-refractivity contribution < 1.29 is 0 Å². The zero-order chi connectivity index (χ0) is 75.3. The zero-order valence-electron chi connectivity index (χ0n) is 60.7. The van der Waals surface area contributed by atoms with E-state index in [0.29, 0.717) is 75.5 Å². The third-order valence-electron chi connectivity index (χ3n) is 20.5. The molecule has 0 fully saturated rings. The second kappa shape index (κ2) is 28.4. The molecule has 0 atom stereocenters. The summed E-state index contributed by atoms with van der Waals surface area (Å²) in [6.07, 6.45) is 0. The fourth-order valence-corrected chi connectivity index (χ4v) is 15.1. The van der Waals surface area contributed by atoms with Crippen molar-refractivity contribution in [3.05, 3.63) is 363 Å². The van der Waals surface area contributed by atoms with Crippen LogP contribution >= 0.6 is 0 Å². The Morgan fingerprint density at radius 3 is 0.690 bits per heavy atom. The Morgan fingerprint density at radius 2 is 0.442 bits per heavy atom. The van der Waals surface area contributed by atoms with E-state index in [0.717, 1.165) is 138 Å². The number of aromatic nitrogens is 14. The molecule has 113 heavy (non-hydrogen) atoms.